The van der Waals surface area contributed by atoms with Gasteiger partial charge in [0.1, 0.15) is 17.3 Å². The van der Waals surface area contributed by atoms with E-state index in [1.165, 1.54) is 35.4 Å². The summed E-state index contributed by atoms with van der Waals surface area (Å²) in [6.45, 7) is -0.164. The van der Waals surface area contributed by atoms with Gasteiger partial charge in [0.05, 0.1) is 15.7 Å². The molecule has 1 aliphatic rings. The molecule has 3 aromatic rings. The molecule has 1 saturated heterocycles. The first-order valence-electron chi connectivity index (χ1n) is 9.81. The SMILES string of the molecule is O=C(COc1ccc(C2SCCS2)cc1)N/N=C/c1ccc(-c2ccc([N+](=O)[O-])cc2Br)o1. The molecule has 0 saturated carbocycles. The number of halogens is 1. The number of hydrazone groups is 1. The first-order valence-corrected chi connectivity index (χ1v) is 12.7. The van der Waals surface area contributed by atoms with Crippen LogP contribution in [-0.4, -0.2) is 35.2 Å². The zero-order valence-corrected chi connectivity index (χ0v) is 20.3. The van der Waals surface area contributed by atoms with E-state index < -0.39 is 10.8 Å². The van der Waals surface area contributed by atoms with Crippen LogP contribution >= 0.6 is 39.5 Å². The van der Waals surface area contributed by atoms with Crippen LogP contribution in [0.15, 0.2) is 68.6 Å². The molecule has 1 aromatic heterocycles. The summed E-state index contributed by atoms with van der Waals surface area (Å²) in [6.07, 6.45) is 1.37. The molecule has 1 N–H and O–H groups in total. The Morgan fingerprint density at radius 3 is 2.67 bits per heavy atom. The van der Waals surface area contributed by atoms with Crippen LogP contribution in [0.4, 0.5) is 5.69 Å². The van der Waals surface area contributed by atoms with Crippen molar-refractivity contribution in [1.29, 1.82) is 0 Å². The lowest BCUT2D eigenvalue weighted by Crippen LogP contribution is -2.24. The summed E-state index contributed by atoms with van der Waals surface area (Å²) in [7, 11) is 0. The van der Waals surface area contributed by atoms with Gasteiger partial charge < -0.3 is 9.15 Å². The first kappa shape index (κ1) is 23.4. The normalized spacial score (nSPS) is 14.0. The highest BCUT2D eigenvalue weighted by atomic mass is 79.9. The van der Waals surface area contributed by atoms with Crippen LogP contribution in [0.5, 0.6) is 5.75 Å². The van der Waals surface area contributed by atoms with Crippen molar-refractivity contribution >= 4 is 57.3 Å². The lowest BCUT2D eigenvalue weighted by molar-refractivity contribution is -0.384. The third kappa shape index (κ3) is 6.18. The monoisotopic (exact) mass is 547 g/mol. The zero-order chi connectivity index (χ0) is 23.2. The average molecular weight is 548 g/mol. The van der Waals surface area contributed by atoms with Gasteiger partial charge in [-0.05, 0) is 51.8 Å². The number of rotatable bonds is 8. The molecular formula is C22H18BrN3O5S2. The minimum atomic E-state index is -0.467. The Kier molecular flexibility index (Phi) is 7.73. The number of thioether (sulfide) groups is 2. The molecule has 33 heavy (non-hydrogen) atoms. The summed E-state index contributed by atoms with van der Waals surface area (Å²) in [4.78, 5) is 22.4. The van der Waals surface area contributed by atoms with E-state index in [4.69, 9.17) is 9.15 Å². The Hall–Kier alpha value is -2.76. The molecule has 2 aromatic carbocycles. The van der Waals surface area contributed by atoms with Gasteiger partial charge >= 0.3 is 0 Å². The molecule has 2 heterocycles. The van der Waals surface area contributed by atoms with Crippen LogP contribution in [0.2, 0.25) is 0 Å². The first-order chi connectivity index (χ1) is 16.0. The molecule has 1 aliphatic heterocycles. The molecule has 0 bridgehead atoms. The van der Waals surface area contributed by atoms with Gasteiger partial charge in [-0.25, -0.2) is 5.43 Å². The van der Waals surface area contributed by atoms with Crippen molar-refractivity contribution in [1.82, 2.24) is 5.43 Å². The third-order valence-electron chi connectivity index (χ3n) is 4.58. The molecule has 11 heteroatoms. The van der Waals surface area contributed by atoms with Crippen molar-refractivity contribution in [2.75, 3.05) is 18.1 Å². The van der Waals surface area contributed by atoms with Gasteiger partial charge in [-0.2, -0.15) is 5.10 Å². The topological polar surface area (TPSA) is 107 Å². The van der Waals surface area contributed by atoms with Gasteiger partial charge in [0.25, 0.3) is 11.6 Å². The molecule has 0 radical (unpaired) electrons. The van der Waals surface area contributed by atoms with E-state index in [-0.39, 0.29) is 12.3 Å². The van der Waals surface area contributed by atoms with Gasteiger partial charge in [-0.15, -0.1) is 23.5 Å². The number of non-ortho nitro benzene ring substituents is 1. The number of hydrogen-bond acceptors (Lipinski definition) is 8. The number of nitrogens with one attached hydrogen (secondary N) is 1. The zero-order valence-electron chi connectivity index (χ0n) is 17.1. The molecule has 170 valence electrons. The Morgan fingerprint density at radius 2 is 1.97 bits per heavy atom. The van der Waals surface area contributed by atoms with Crippen molar-refractivity contribution in [3.8, 4) is 17.1 Å². The van der Waals surface area contributed by atoms with Crippen molar-refractivity contribution < 1.29 is 18.9 Å². The van der Waals surface area contributed by atoms with Crippen LogP contribution < -0.4 is 10.2 Å². The molecule has 0 aliphatic carbocycles. The summed E-state index contributed by atoms with van der Waals surface area (Å²) < 4.78 is 12.2. The van der Waals surface area contributed by atoms with E-state index in [9.17, 15) is 14.9 Å². The standard InChI is InChI=1S/C22H18BrN3O5S2/c23-19-11-15(26(28)29)3-7-18(19)20-8-6-17(31-20)12-24-25-21(27)13-30-16-4-1-14(2-5-16)22-32-9-10-33-22/h1-8,11-12,22H,9-10,13H2,(H,25,27)/b24-12+. The molecule has 4 rings (SSSR count). The predicted molar refractivity (Wildman–Crippen MR) is 134 cm³/mol. The smallest absolute Gasteiger partial charge is 0.277 e. The maximum atomic E-state index is 12.0. The van der Waals surface area contributed by atoms with Gasteiger partial charge in [0.2, 0.25) is 0 Å². The van der Waals surface area contributed by atoms with Crippen molar-refractivity contribution in [2.24, 2.45) is 5.10 Å². The maximum Gasteiger partial charge on any atom is 0.277 e. The number of furan rings is 1. The summed E-state index contributed by atoms with van der Waals surface area (Å²) in [6, 6.07) is 15.6. The molecule has 0 atom stereocenters. The number of amides is 1. The Balaban J connectivity index is 1.27. The molecule has 0 spiro atoms. The fourth-order valence-electron chi connectivity index (χ4n) is 3.01. The molecular weight excluding hydrogens is 530 g/mol. The van der Waals surface area contributed by atoms with Crippen LogP contribution in [0.1, 0.15) is 15.9 Å². The molecule has 8 nitrogen and oxygen atoms in total. The van der Waals surface area contributed by atoms with E-state index in [1.54, 1.807) is 18.2 Å². The Morgan fingerprint density at radius 1 is 1.21 bits per heavy atom. The summed E-state index contributed by atoms with van der Waals surface area (Å²) in [5.74, 6) is 3.47. The number of benzene rings is 2. The quantitative estimate of drug-likeness (QED) is 0.221. The van der Waals surface area contributed by atoms with E-state index >= 15 is 0 Å². The Bertz CT molecular complexity index is 1180. The van der Waals surface area contributed by atoms with E-state index in [2.05, 4.69) is 26.5 Å². The van der Waals surface area contributed by atoms with E-state index in [0.29, 0.717) is 31.9 Å². The second-order valence-corrected chi connectivity index (χ2v) is 10.4. The van der Waals surface area contributed by atoms with Gasteiger partial charge in [-0.1, -0.05) is 12.1 Å². The number of nitro benzene ring substituents is 1. The number of hydrogen-bond donors (Lipinski definition) is 1. The summed E-state index contributed by atoms with van der Waals surface area (Å²) in [5.41, 5.74) is 4.28. The highest BCUT2D eigenvalue weighted by Gasteiger charge is 2.18. The van der Waals surface area contributed by atoms with Gasteiger partial charge in [-0.3, -0.25) is 14.9 Å². The number of carbonyl (C=O) groups is 1. The number of ether oxygens (including phenoxy) is 1. The summed E-state index contributed by atoms with van der Waals surface area (Å²) >= 11 is 7.19. The highest BCUT2D eigenvalue weighted by molar-refractivity contribution is 9.10. The number of nitrogens with zero attached hydrogens (tertiary/aromatic N) is 2. The van der Waals surface area contributed by atoms with Gasteiger partial charge in [0, 0.05) is 33.7 Å². The number of nitro groups is 1. The molecule has 1 fully saturated rings. The lowest BCUT2D eigenvalue weighted by atomic mass is 10.1. The van der Waals surface area contributed by atoms with Crippen molar-refractivity contribution in [3.05, 3.63) is 80.5 Å². The fourth-order valence-corrected chi connectivity index (χ4v) is 6.43. The van der Waals surface area contributed by atoms with Crippen LogP contribution in [-0.2, 0) is 4.79 Å². The second kappa shape index (κ2) is 10.9. The molecule has 0 unspecified atom stereocenters. The maximum absolute atomic E-state index is 12.0. The fraction of sp³-hybridized carbons (Fsp3) is 0.182. The minimum Gasteiger partial charge on any atom is -0.484 e. The second-order valence-electron chi connectivity index (χ2n) is 6.85. The highest BCUT2D eigenvalue weighted by Crippen LogP contribution is 2.45. The van der Waals surface area contributed by atoms with E-state index in [0.717, 1.165) is 0 Å². The largest absolute Gasteiger partial charge is 0.484 e. The summed E-state index contributed by atoms with van der Waals surface area (Å²) in [5, 5.41) is 14.7. The van der Waals surface area contributed by atoms with Crippen molar-refractivity contribution in [3.63, 3.8) is 0 Å². The predicted octanol–water partition coefficient (Wildman–Crippen LogP) is 5.63. The van der Waals surface area contributed by atoms with Crippen LogP contribution in [0.3, 0.4) is 0 Å². The minimum absolute atomic E-state index is 0.0216. The van der Waals surface area contributed by atoms with Crippen molar-refractivity contribution in [2.45, 2.75) is 4.58 Å². The number of carbonyl (C=O) groups excluding carboxylic acids is 1. The average Bonchev–Trinajstić information content (AvgIpc) is 3.51. The third-order valence-corrected chi connectivity index (χ3v) is 8.34. The Labute approximate surface area is 206 Å². The van der Waals surface area contributed by atoms with E-state index in [1.807, 2.05) is 47.8 Å². The molecule has 1 amide bonds. The van der Waals surface area contributed by atoms with Crippen LogP contribution in [0, 0.1) is 10.1 Å². The van der Waals surface area contributed by atoms with Crippen LogP contribution in [0.25, 0.3) is 11.3 Å². The van der Waals surface area contributed by atoms with Gasteiger partial charge in [0.15, 0.2) is 6.61 Å². The lowest BCUT2D eigenvalue weighted by Gasteiger charge is -2.09.